The first-order valence-corrected chi connectivity index (χ1v) is 10.2. The number of hydrogen-bond donors (Lipinski definition) is 2. The van der Waals surface area contributed by atoms with Crippen LogP contribution in [-0.4, -0.2) is 42.7 Å². The van der Waals surface area contributed by atoms with Gasteiger partial charge >= 0.3 is 6.03 Å². The van der Waals surface area contributed by atoms with Crippen LogP contribution in [0.5, 0.6) is 0 Å². The van der Waals surface area contributed by atoms with Crippen LogP contribution >= 0.6 is 11.6 Å². The van der Waals surface area contributed by atoms with E-state index in [0.29, 0.717) is 23.9 Å². The maximum absolute atomic E-state index is 13.0. The van der Waals surface area contributed by atoms with Crippen molar-refractivity contribution in [1.29, 1.82) is 0 Å². The maximum atomic E-state index is 13.0. The minimum atomic E-state index is -0.355. The molecular weight excluding hydrogens is 402 g/mol. The van der Waals surface area contributed by atoms with Crippen LogP contribution < -0.4 is 5.32 Å². The van der Waals surface area contributed by atoms with E-state index in [2.05, 4.69) is 25.8 Å². The molecule has 2 amide bonds. The Morgan fingerprint density at radius 1 is 1.23 bits per heavy atom. The van der Waals surface area contributed by atoms with Gasteiger partial charge in [0.15, 0.2) is 5.82 Å². The average molecular weight is 422 g/mol. The molecule has 1 aliphatic rings. The lowest BCUT2D eigenvalue weighted by molar-refractivity contribution is 0.188. The summed E-state index contributed by atoms with van der Waals surface area (Å²) in [5.74, 6) is 0.575. The van der Waals surface area contributed by atoms with E-state index in [0.717, 1.165) is 34.3 Å². The second kappa shape index (κ2) is 7.46. The predicted molar refractivity (Wildman–Crippen MR) is 114 cm³/mol. The summed E-state index contributed by atoms with van der Waals surface area (Å²) in [5, 5.41) is 16.8. The van der Waals surface area contributed by atoms with E-state index in [1.54, 1.807) is 4.68 Å². The number of rotatable bonds is 3. The number of aromatic amines is 1. The number of fused-ring (bicyclic) bond motifs is 3. The van der Waals surface area contributed by atoms with Crippen LogP contribution in [0.4, 0.5) is 4.79 Å². The van der Waals surface area contributed by atoms with Gasteiger partial charge < -0.3 is 15.2 Å². The van der Waals surface area contributed by atoms with Crippen molar-refractivity contribution in [2.24, 2.45) is 0 Å². The van der Waals surface area contributed by atoms with E-state index < -0.39 is 0 Å². The summed E-state index contributed by atoms with van der Waals surface area (Å²) in [6, 6.07) is 14.9. The summed E-state index contributed by atoms with van der Waals surface area (Å²) in [4.78, 5) is 18.2. The molecule has 152 valence electrons. The van der Waals surface area contributed by atoms with Crippen molar-refractivity contribution in [3.8, 4) is 5.69 Å². The molecule has 5 rings (SSSR count). The lowest BCUT2D eigenvalue weighted by atomic mass is 10.0. The first-order chi connectivity index (χ1) is 14.6. The number of H-pyrrole nitrogens is 1. The van der Waals surface area contributed by atoms with Crippen molar-refractivity contribution >= 4 is 28.5 Å². The number of carbonyl (C=O) groups is 1. The van der Waals surface area contributed by atoms with Gasteiger partial charge in [0.05, 0.1) is 11.7 Å². The molecule has 30 heavy (non-hydrogen) atoms. The van der Waals surface area contributed by atoms with Crippen LogP contribution in [-0.2, 0) is 13.0 Å². The molecule has 0 aliphatic carbocycles. The zero-order chi connectivity index (χ0) is 20.7. The molecule has 4 aromatic rings. The molecule has 0 saturated heterocycles. The third-order valence-corrected chi connectivity index (χ3v) is 5.68. The molecule has 0 spiro atoms. The third kappa shape index (κ3) is 3.29. The van der Waals surface area contributed by atoms with Crippen molar-refractivity contribution in [3.05, 3.63) is 70.6 Å². The van der Waals surface area contributed by atoms with E-state index in [-0.39, 0.29) is 12.1 Å². The van der Waals surface area contributed by atoms with Crippen LogP contribution in [0.25, 0.3) is 16.6 Å². The van der Waals surface area contributed by atoms with Gasteiger partial charge in [0.25, 0.3) is 0 Å². The first kappa shape index (κ1) is 18.6. The van der Waals surface area contributed by atoms with E-state index in [4.69, 9.17) is 11.6 Å². The van der Waals surface area contributed by atoms with Gasteiger partial charge in [-0.15, -0.1) is 5.10 Å². The third-order valence-electron chi connectivity index (χ3n) is 5.45. The fourth-order valence-corrected chi connectivity index (χ4v) is 4.09. The van der Waals surface area contributed by atoms with E-state index in [1.807, 2.05) is 60.4 Å². The van der Waals surface area contributed by atoms with Gasteiger partial charge in [0.2, 0.25) is 0 Å². The monoisotopic (exact) mass is 421 g/mol. The molecule has 0 saturated carbocycles. The van der Waals surface area contributed by atoms with Crippen molar-refractivity contribution in [2.45, 2.75) is 25.9 Å². The minimum Gasteiger partial charge on any atom is -0.358 e. The number of halogens is 1. The van der Waals surface area contributed by atoms with Gasteiger partial charge in [0.1, 0.15) is 0 Å². The Bertz CT molecular complexity index is 1220. The van der Waals surface area contributed by atoms with Gasteiger partial charge in [-0.05, 0) is 47.7 Å². The summed E-state index contributed by atoms with van der Waals surface area (Å²) < 4.78 is 1.64. The van der Waals surface area contributed by atoms with Crippen LogP contribution in [0, 0.1) is 0 Å². The Balaban J connectivity index is 1.34. The Morgan fingerprint density at radius 3 is 2.90 bits per heavy atom. The van der Waals surface area contributed by atoms with Gasteiger partial charge in [-0.1, -0.05) is 29.8 Å². The Hall–Kier alpha value is -3.39. The standard InChI is InChI=1S/C21H20ClN7O/c1-13(20-25-26-27-29(20)15-5-3-2-4-6-15)23-21(30)28-10-9-19-17(12-28)16-11-14(22)7-8-18(16)24-19/h2-8,11,13,24H,9-10,12H2,1H3,(H,23,30). The molecule has 2 N–H and O–H groups in total. The average Bonchev–Trinajstić information content (AvgIpc) is 3.39. The van der Waals surface area contributed by atoms with Crippen molar-refractivity contribution in [2.75, 3.05) is 6.54 Å². The van der Waals surface area contributed by atoms with E-state index in [9.17, 15) is 4.79 Å². The summed E-state index contributed by atoms with van der Waals surface area (Å²) >= 11 is 6.18. The predicted octanol–water partition coefficient (Wildman–Crippen LogP) is 3.63. The zero-order valence-corrected chi connectivity index (χ0v) is 17.1. The molecule has 0 bridgehead atoms. The number of carbonyl (C=O) groups excluding carboxylic acids is 1. The topological polar surface area (TPSA) is 91.7 Å². The summed E-state index contributed by atoms with van der Waals surface area (Å²) in [6.07, 6.45) is 0.769. The lowest BCUT2D eigenvalue weighted by Crippen LogP contribution is -2.43. The normalized spacial score (nSPS) is 14.5. The number of amides is 2. The van der Waals surface area contributed by atoms with Gasteiger partial charge in [-0.25, -0.2) is 4.79 Å². The Morgan fingerprint density at radius 2 is 2.07 bits per heavy atom. The fraction of sp³-hybridized carbons (Fsp3) is 0.238. The number of benzene rings is 2. The quantitative estimate of drug-likeness (QED) is 0.528. The molecule has 2 aromatic carbocycles. The lowest BCUT2D eigenvalue weighted by Gasteiger charge is -2.28. The highest BCUT2D eigenvalue weighted by Crippen LogP contribution is 2.30. The minimum absolute atomic E-state index is 0.146. The number of aromatic nitrogens is 5. The summed E-state index contributed by atoms with van der Waals surface area (Å²) in [5.41, 5.74) is 4.17. The Kier molecular flexibility index (Phi) is 4.63. The SMILES string of the molecule is CC(NC(=O)N1CCc2[nH]c3ccc(Cl)cc3c2C1)c1nnnn1-c1ccccc1. The molecule has 2 aromatic heterocycles. The van der Waals surface area contributed by atoms with Crippen molar-refractivity contribution in [3.63, 3.8) is 0 Å². The number of nitrogens with zero attached hydrogens (tertiary/aromatic N) is 5. The fourth-order valence-electron chi connectivity index (χ4n) is 3.92. The highest BCUT2D eigenvalue weighted by Gasteiger charge is 2.26. The second-order valence-corrected chi connectivity index (χ2v) is 7.84. The highest BCUT2D eigenvalue weighted by atomic mass is 35.5. The highest BCUT2D eigenvalue weighted by molar-refractivity contribution is 6.31. The zero-order valence-electron chi connectivity index (χ0n) is 16.3. The largest absolute Gasteiger partial charge is 0.358 e. The molecule has 9 heteroatoms. The molecular formula is C21H20ClN7O. The van der Waals surface area contributed by atoms with Crippen LogP contribution in [0.3, 0.4) is 0 Å². The molecule has 8 nitrogen and oxygen atoms in total. The number of tetrazole rings is 1. The summed E-state index contributed by atoms with van der Waals surface area (Å²) in [7, 11) is 0. The number of nitrogens with one attached hydrogen (secondary N) is 2. The van der Waals surface area contributed by atoms with E-state index in [1.165, 1.54) is 0 Å². The van der Waals surface area contributed by atoms with Gasteiger partial charge in [-0.3, -0.25) is 0 Å². The van der Waals surface area contributed by atoms with Crippen LogP contribution in [0.2, 0.25) is 5.02 Å². The molecule has 0 radical (unpaired) electrons. The molecule has 1 unspecified atom stereocenters. The molecule has 0 fully saturated rings. The van der Waals surface area contributed by atoms with Crippen molar-refractivity contribution < 1.29 is 4.79 Å². The van der Waals surface area contributed by atoms with E-state index >= 15 is 0 Å². The number of hydrogen-bond acceptors (Lipinski definition) is 4. The molecule has 1 atom stereocenters. The first-order valence-electron chi connectivity index (χ1n) is 9.78. The maximum Gasteiger partial charge on any atom is 0.318 e. The van der Waals surface area contributed by atoms with Gasteiger partial charge in [-0.2, -0.15) is 4.68 Å². The number of urea groups is 1. The Labute approximate surface area is 177 Å². The van der Waals surface area contributed by atoms with Crippen molar-refractivity contribution in [1.82, 2.24) is 35.4 Å². The molecule has 3 heterocycles. The van der Waals surface area contributed by atoms with Gasteiger partial charge in [0, 0.05) is 46.7 Å². The molecule has 1 aliphatic heterocycles. The van der Waals surface area contributed by atoms with Crippen LogP contribution in [0.15, 0.2) is 48.5 Å². The second-order valence-electron chi connectivity index (χ2n) is 7.40. The number of para-hydroxylation sites is 1. The smallest absolute Gasteiger partial charge is 0.318 e. The van der Waals surface area contributed by atoms with Crippen LogP contribution in [0.1, 0.15) is 30.0 Å². The summed E-state index contributed by atoms with van der Waals surface area (Å²) in [6.45, 7) is 3.04.